The Morgan fingerprint density at radius 2 is 2.17 bits per heavy atom. The summed E-state index contributed by atoms with van der Waals surface area (Å²) in [4.78, 5) is 18.1. The van der Waals surface area contributed by atoms with Crippen molar-refractivity contribution in [3.05, 3.63) is 42.5 Å². The zero-order valence-corrected chi connectivity index (χ0v) is 16.1. The quantitative estimate of drug-likeness (QED) is 0.269. The van der Waals surface area contributed by atoms with Gasteiger partial charge in [-0.1, -0.05) is 24.3 Å². The SMILES string of the molecule is C=CCNC(N)=NCc1ccccc1N1CCCC(C(N)=O)C1.I. The molecule has 24 heavy (non-hydrogen) atoms. The average Bonchev–Trinajstić information content (AvgIpc) is 2.58. The van der Waals surface area contributed by atoms with Crippen LogP contribution in [-0.4, -0.2) is 31.5 Å². The normalized spacial score (nSPS) is 17.8. The Morgan fingerprint density at radius 1 is 1.42 bits per heavy atom. The summed E-state index contributed by atoms with van der Waals surface area (Å²) in [6.45, 7) is 6.30. The number of para-hydroxylation sites is 1. The summed E-state index contributed by atoms with van der Waals surface area (Å²) in [6, 6.07) is 8.07. The smallest absolute Gasteiger partial charge is 0.222 e. The van der Waals surface area contributed by atoms with Crippen LogP contribution in [0.1, 0.15) is 18.4 Å². The molecular formula is C17H26IN5O. The van der Waals surface area contributed by atoms with Crippen LogP contribution in [0.2, 0.25) is 0 Å². The van der Waals surface area contributed by atoms with E-state index >= 15 is 0 Å². The lowest BCUT2D eigenvalue weighted by atomic mass is 9.96. The van der Waals surface area contributed by atoms with E-state index in [1.54, 1.807) is 6.08 Å². The van der Waals surface area contributed by atoms with E-state index in [1.165, 1.54) is 0 Å². The molecule has 132 valence electrons. The fourth-order valence-corrected chi connectivity index (χ4v) is 2.78. The number of rotatable bonds is 6. The van der Waals surface area contributed by atoms with Gasteiger partial charge in [-0.2, -0.15) is 0 Å². The van der Waals surface area contributed by atoms with Crippen LogP contribution in [0, 0.1) is 5.92 Å². The Bertz CT molecular complexity index is 590. The van der Waals surface area contributed by atoms with Crippen molar-refractivity contribution >= 4 is 41.5 Å². The first kappa shape index (κ1) is 20.3. The maximum Gasteiger partial charge on any atom is 0.222 e. The van der Waals surface area contributed by atoms with Gasteiger partial charge in [-0.05, 0) is 24.5 Å². The minimum absolute atomic E-state index is 0. The fourth-order valence-electron chi connectivity index (χ4n) is 2.78. The molecule has 0 aromatic heterocycles. The van der Waals surface area contributed by atoms with Crippen molar-refractivity contribution in [1.29, 1.82) is 0 Å². The summed E-state index contributed by atoms with van der Waals surface area (Å²) >= 11 is 0. The van der Waals surface area contributed by atoms with Crippen LogP contribution in [0.5, 0.6) is 0 Å². The lowest BCUT2D eigenvalue weighted by Gasteiger charge is -2.34. The number of nitrogens with two attached hydrogens (primary N) is 2. The number of carbonyl (C=O) groups excluding carboxylic acids is 1. The van der Waals surface area contributed by atoms with Crippen LogP contribution in [0.25, 0.3) is 0 Å². The van der Waals surface area contributed by atoms with Crippen molar-refractivity contribution in [1.82, 2.24) is 5.32 Å². The van der Waals surface area contributed by atoms with Gasteiger partial charge in [0, 0.05) is 25.3 Å². The van der Waals surface area contributed by atoms with Crippen molar-refractivity contribution in [2.75, 3.05) is 24.5 Å². The van der Waals surface area contributed by atoms with Gasteiger partial charge in [-0.25, -0.2) is 4.99 Å². The Hall–Kier alpha value is -1.77. The molecule has 0 radical (unpaired) electrons. The van der Waals surface area contributed by atoms with E-state index in [2.05, 4.69) is 27.9 Å². The number of carbonyl (C=O) groups is 1. The number of anilines is 1. The number of nitrogens with zero attached hydrogens (tertiary/aromatic N) is 2. The highest BCUT2D eigenvalue weighted by Gasteiger charge is 2.25. The highest BCUT2D eigenvalue weighted by Crippen LogP contribution is 2.26. The van der Waals surface area contributed by atoms with Gasteiger partial charge in [0.2, 0.25) is 5.91 Å². The largest absolute Gasteiger partial charge is 0.370 e. The van der Waals surface area contributed by atoms with E-state index in [1.807, 2.05) is 18.2 Å². The van der Waals surface area contributed by atoms with E-state index in [9.17, 15) is 4.79 Å². The van der Waals surface area contributed by atoms with Crippen LogP contribution < -0.4 is 21.7 Å². The summed E-state index contributed by atoms with van der Waals surface area (Å²) in [5.41, 5.74) is 13.5. The molecule has 1 heterocycles. The number of amides is 1. The zero-order valence-electron chi connectivity index (χ0n) is 13.8. The molecule has 1 unspecified atom stereocenters. The molecule has 1 saturated heterocycles. The topological polar surface area (TPSA) is 96.7 Å². The molecule has 1 aromatic carbocycles. The molecule has 1 amide bonds. The number of primary amides is 1. The molecule has 0 bridgehead atoms. The van der Waals surface area contributed by atoms with Crippen molar-refractivity contribution in [3.63, 3.8) is 0 Å². The number of guanidine groups is 1. The van der Waals surface area contributed by atoms with Gasteiger partial charge in [0.25, 0.3) is 0 Å². The second-order valence-corrected chi connectivity index (χ2v) is 5.69. The van der Waals surface area contributed by atoms with Crippen LogP contribution in [0.3, 0.4) is 0 Å². The van der Waals surface area contributed by atoms with E-state index in [0.29, 0.717) is 25.6 Å². The summed E-state index contributed by atoms with van der Waals surface area (Å²) in [5, 5.41) is 2.96. The maximum absolute atomic E-state index is 11.5. The summed E-state index contributed by atoms with van der Waals surface area (Å²) < 4.78 is 0. The maximum atomic E-state index is 11.5. The molecular weight excluding hydrogens is 417 g/mol. The molecule has 1 aromatic rings. The van der Waals surface area contributed by atoms with Gasteiger partial charge in [-0.3, -0.25) is 4.79 Å². The molecule has 1 atom stereocenters. The van der Waals surface area contributed by atoms with Crippen molar-refractivity contribution in [2.45, 2.75) is 19.4 Å². The van der Waals surface area contributed by atoms with Crippen LogP contribution >= 0.6 is 24.0 Å². The Morgan fingerprint density at radius 3 is 2.88 bits per heavy atom. The standard InChI is InChI=1S/C17H25N5O.HI/c1-2-9-20-17(19)21-11-13-6-3-4-8-15(13)22-10-5-7-14(12-22)16(18)23;/h2-4,6,8,14H,1,5,7,9-12H2,(H2,18,23)(H3,19,20,21);1H. The third kappa shape index (κ3) is 5.70. The van der Waals surface area contributed by atoms with Gasteiger partial charge in [0.05, 0.1) is 12.5 Å². The van der Waals surface area contributed by atoms with Crippen LogP contribution in [-0.2, 0) is 11.3 Å². The molecule has 0 aliphatic carbocycles. The minimum Gasteiger partial charge on any atom is -0.370 e. The highest BCUT2D eigenvalue weighted by molar-refractivity contribution is 14.0. The number of nitrogens with one attached hydrogen (secondary N) is 1. The summed E-state index contributed by atoms with van der Waals surface area (Å²) in [7, 11) is 0. The number of benzene rings is 1. The molecule has 7 heteroatoms. The van der Waals surface area contributed by atoms with E-state index in [-0.39, 0.29) is 35.8 Å². The summed E-state index contributed by atoms with van der Waals surface area (Å²) in [6.07, 6.45) is 3.56. The molecule has 2 rings (SSSR count). The van der Waals surface area contributed by atoms with Crippen molar-refractivity contribution in [3.8, 4) is 0 Å². The van der Waals surface area contributed by atoms with E-state index in [4.69, 9.17) is 11.5 Å². The number of halogens is 1. The highest BCUT2D eigenvalue weighted by atomic mass is 127. The molecule has 1 fully saturated rings. The summed E-state index contributed by atoms with van der Waals surface area (Å²) in [5.74, 6) is 0.0936. The molecule has 5 N–H and O–H groups in total. The fraction of sp³-hybridized carbons (Fsp3) is 0.412. The molecule has 0 saturated carbocycles. The van der Waals surface area contributed by atoms with E-state index in [0.717, 1.165) is 30.6 Å². The minimum atomic E-state index is -0.219. The second-order valence-electron chi connectivity index (χ2n) is 5.69. The van der Waals surface area contributed by atoms with Gasteiger partial charge < -0.3 is 21.7 Å². The molecule has 0 spiro atoms. The average molecular weight is 443 g/mol. The second kappa shape index (κ2) is 10.2. The number of hydrogen-bond donors (Lipinski definition) is 3. The molecule has 6 nitrogen and oxygen atoms in total. The zero-order chi connectivity index (χ0) is 16.7. The predicted octanol–water partition coefficient (Wildman–Crippen LogP) is 1.60. The molecule has 1 aliphatic rings. The lowest BCUT2D eigenvalue weighted by Crippen LogP contribution is -2.41. The Kier molecular flexibility index (Phi) is 8.59. The first-order valence-electron chi connectivity index (χ1n) is 7.88. The first-order chi connectivity index (χ1) is 11.1. The van der Waals surface area contributed by atoms with Gasteiger partial charge in [0.15, 0.2) is 5.96 Å². The van der Waals surface area contributed by atoms with Crippen LogP contribution in [0.15, 0.2) is 41.9 Å². The van der Waals surface area contributed by atoms with E-state index < -0.39 is 0 Å². The number of hydrogen-bond acceptors (Lipinski definition) is 3. The first-order valence-corrected chi connectivity index (χ1v) is 7.88. The van der Waals surface area contributed by atoms with Gasteiger partial charge in [-0.15, -0.1) is 30.6 Å². The third-order valence-corrected chi connectivity index (χ3v) is 4.00. The predicted molar refractivity (Wildman–Crippen MR) is 110 cm³/mol. The Labute approximate surface area is 160 Å². The Balaban J connectivity index is 0.00000288. The van der Waals surface area contributed by atoms with Crippen LogP contribution in [0.4, 0.5) is 5.69 Å². The molecule has 1 aliphatic heterocycles. The number of aliphatic imine (C=N–C) groups is 1. The van der Waals surface area contributed by atoms with Gasteiger partial charge >= 0.3 is 0 Å². The number of piperidine rings is 1. The van der Waals surface area contributed by atoms with Gasteiger partial charge in [0.1, 0.15) is 0 Å². The van der Waals surface area contributed by atoms with Crippen molar-refractivity contribution < 1.29 is 4.79 Å². The monoisotopic (exact) mass is 443 g/mol. The lowest BCUT2D eigenvalue weighted by molar-refractivity contribution is -0.122. The van der Waals surface area contributed by atoms with Crippen molar-refractivity contribution in [2.24, 2.45) is 22.4 Å². The third-order valence-electron chi connectivity index (χ3n) is 4.00.